The molecule has 0 saturated carbocycles. The topological polar surface area (TPSA) is 46.6 Å². The Morgan fingerprint density at radius 2 is 1.70 bits per heavy atom. The van der Waals surface area contributed by atoms with E-state index in [1.54, 1.807) is 6.08 Å². The van der Waals surface area contributed by atoms with E-state index < -0.39 is 0 Å². The molecule has 4 rings (SSSR count). The van der Waals surface area contributed by atoms with Crippen LogP contribution in [0.3, 0.4) is 0 Å². The molecule has 152 valence electrons. The number of thioether (sulfide) groups is 1. The van der Waals surface area contributed by atoms with Crippen molar-refractivity contribution in [3.63, 3.8) is 0 Å². The highest BCUT2D eigenvalue weighted by atomic mass is 32.2. The SMILES string of the molecule is CC(C)c1ccc(/C=C2\SC(=O)N(CCOc3cccc4ccccc34)C2=O)cc1. The average molecular weight is 418 g/mol. The highest BCUT2D eigenvalue weighted by Crippen LogP contribution is 2.32. The van der Waals surface area contributed by atoms with Crippen LogP contribution < -0.4 is 4.74 Å². The lowest BCUT2D eigenvalue weighted by atomic mass is 10.0. The number of fused-ring (bicyclic) bond motifs is 1. The summed E-state index contributed by atoms with van der Waals surface area (Å²) in [5.74, 6) is 0.938. The van der Waals surface area contributed by atoms with E-state index in [9.17, 15) is 9.59 Å². The molecular formula is C25H23NO3S. The molecule has 0 aromatic heterocycles. The Kier molecular flexibility index (Phi) is 5.91. The molecular weight excluding hydrogens is 394 g/mol. The van der Waals surface area contributed by atoms with Crippen molar-refractivity contribution in [1.82, 2.24) is 4.90 Å². The van der Waals surface area contributed by atoms with Gasteiger partial charge >= 0.3 is 0 Å². The minimum Gasteiger partial charge on any atom is -0.491 e. The van der Waals surface area contributed by atoms with Gasteiger partial charge in [0, 0.05) is 5.39 Å². The summed E-state index contributed by atoms with van der Waals surface area (Å²) in [7, 11) is 0. The molecule has 30 heavy (non-hydrogen) atoms. The third-order valence-corrected chi connectivity index (χ3v) is 6.00. The molecule has 1 fully saturated rings. The Bertz CT molecular complexity index is 1110. The summed E-state index contributed by atoms with van der Waals surface area (Å²) >= 11 is 0.979. The molecule has 0 N–H and O–H groups in total. The fourth-order valence-corrected chi connectivity index (χ4v) is 4.25. The maximum absolute atomic E-state index is 12.7. The quantitative estimate of drug-likeness (QED) is 0.456. The van der Waals surface area contributed by atoms with E-state index in [-0.39, 0.29) is 24.3 Å². The monoisotopic (exact) mass is 417 g/mol. The van der Waals surface area contributed by atoms with Gasteiger partial charge in [0.2, 0.25) is 0 Å². The summed E-state index contributed by atoms with van der Waals surface area (Å²) in [6.07, 6.45) is 1.78. The van der Waals surface area contributed by atoms with Crippen LogP contribution in [0.1, 0.15) is 30.9 Å². The largest absolute Gasteiger partial charge is 0.491 e. The Balaban J connectivity index is 1.41. The molecule has 0 radical (unpaired) electrons. The predicted molar refractivity (Wildman–Crippen MR) is 123 cm³/mol. The zero-order valence-corrected chi connectivity index (χ0v) is 17.8. The number of amides is 2. The first kappa shape index (κ1) is 20.2. The van der Waals surface area contributed by atoms with E-state index in [2.05, 4.69) is 26.0 Å². The van der Waals surface area contributed by atoms with Gasteiger partial charge in [-0.05, 0) is 46.3 Å². The van der Waals surface area contributed by atoms with Gasteiger partial charge < -0.3 is 4.74 Å². The van der Waals surface area contributed by atoms with Crippen molar-refractivity contribution in [1.29, 1.82) is 0 Å². The van der Waals surface area contributed by atoms with Crippen molar-refractivity contribution >= 4 is 39.8 Å². The molecule has 1 heterocycles. The summed E-state index contributed by atoms with van der Waals surface area (Å²) in [6.45, 7) is 4.75. The molecule has 0 bridgehead atoms. The lowest BCUT2D eigenvalue weighted by Gasteiger charge is -2.14. The molecule has 3 aromatic rings. The lowest BCUT2D eigenvalue weighted by Crippen LogP contribution is -2.32. The number of hydrogen-bond donors (Lipinski definition) is 0. The van der Waals surface area contributed by atoms with E-state index in [1.807, 2.05) is 54.6 Å². The van der Waals surface area contributed by atoms with Gasteiger partial charge in [-0.2, -0.15) is 0 Å². The van der Waals surface area contributed by atoms with Gasteiger partial charge in [0.15, 0.2) is 0 Å². The van der Waals surface area contributed by atoms with Gasteiger partial charge in [0.25, 0.3) is 11.1 Å². The third-order valence-electron chi connectivity index (χ3n) is 5.10. The van der Waals surface area contributed by atoms with Gasteiger partial charge in [-0.25, -0.2) is 0 Å². The van der Waals surface area contributed by atoms with Gasteiger partial charge in [0.05, 0.1) is 11.4 Å². The van der Waals surface area contributed by atoms with Crippen molar-refractivity contribution in [2.75, 3.05) is 13.2 Å². The molecule has 5 heteroatoms. The summed E-state index contributed by atoms with van der Waals surface area (Å²) < 4.78 is 5.89. The number of benzene rings is 3. The number of nitrogens with zero attached hydrogens (tertiary/aromatic N) is 1. The minimum absolute atomic E-state index is 0.220. The second-order valence-electron chi connectivity index (χ2n) is 7.48. The second-order valence-corrected chi connectivity index (χ2v) is 8.47. The second kappa shape index (κ2) is 8.76. The van der Waals surface area contributed by atoms with E-state index in [0.29, 0.717) is 10.8 Å². The van der Waals surface area contributed by atoms with Crippen LogP contribution in [0.4, 0.5) is 4.79 Å². The Hall–Kier alpha value is -3.05. The summed E-state index contributed by atoms with van der Waals surface area (Å²) in [5.41, 5.74) is 2.16. The zero-order chi connectivity index (χ0) is 21.1. The van der Waals surface area contributed by atoms with E-state index >= 15 is 0 Å². The first-order chi connectivity index (χ1) is 14.5. The molecule has 1 aliphatic heterocycles. The molecule has 4 nitrogen and oxygen atoms in total. The fraction of sp³-hybridized carbons (Fsp3) is 0.200. The average Bonchev–Trinajstić information content (AvgIpc) is 3.01. The van der Waals surface area contributed by atoms with Crippen LogP contribution in [0.15, 0.2) is 71.6 Å². The smallest absolute Gasteiger partial charge is 0.293 e. The summed E-state index contributed by atoms with van der Waals surface area (Å²) in [4.78, 5) is 26.8. The van der Waals surface area contributed by atoms with E-state index in [0.717, 1.165) is 33.8 Å². The molecule has 3 aromatic carbocycles. The third kappa shape index (κ3) is 4.26. The lowest BCUT2D eigenvalue weighted by molar-refractivity contribution is -0.123. The molecule has 0 unspecified atom stereocenters. The number of hydrogen-bond acceptors (Lipinski definition) is 4. The van der Waals surface area contributed by atoms with Crippen LogP contribution in [-0.4, -0.2) is 29.2 Å². The maximum atomic E-state index is 12.7. The first-order valence-corrected chi connectivity index (χ1v) is 10.8. The van der Waals surface area contributed by atoms with Crippen LogP contribution in [0.5, 0.6) is 5.75 Å². The number of imide groups is 1. The Morgan fingerprint density at radius 3 is 2.47 bits per heavy atom. The van der Waals surface area contributed by atoms with Gasteiger partial charge in [-0.1, -0.05) is 74.5 Å². The molecule has 0 atom stereocenters. The molecule has 1 saturated heterocycles. The highest BCUT2D eigenvalue weighted by molar-refractivity contribution is 8.18. The van der Waals surface area contributed by atoms with Crippen LogP contribution in [-0.2, 0) is 4.79 Å². The maximum Gasteiger partial charge on any atom is 0.293 e. The summed E-state index contributed by atoms with van der Waals surface area (Å²) in [6, 6.07) is 21.9. The van der Waals surface area contributed by atoms with Crippen LogP contribution in [0, 0.1) is 0 Å². The van der Waals surface area contributed by atoms with Gasteiger partial charge in [-0.3, -0.25) is 14.5 Å². The van der Waals surface area contributed by atoms with Crippen LogP contribution in [0.2, 0.25) is 0 Å². The van der Waals surface area contributed by atoms with Crippen molar-refractivity contribution in [2.45, 2.75) is 19.8 Å². The van der Waals surface area contributed by atoms with Gasteiger partial charge in [-0.15, -0.1) is 0 Å². The fourth-order valence-electron chi connectivity index (χ4n) is 3.39. The van der Waals surface area contributed by atoms with Crippen molar-refractivity contribution in [2.24, 2.45) is 0 Å². The summed E-state index contributed by atoms with van der Waals surface area (Å²) in [5, 5.41) is 1.85. The number of ether oxygens (including phenoxy) is 1. The first-order valence-electron chi connectivity index (χ1n) is 9.99. The molecule has 1 aliphatic rings. The number of carbonyl (C=O) groups excluding carboxylic acids is 2. The highest BCUT2D eigenvalue weighted by Gasteiger charge is 2.34. The molecule has 2 amide bonds. The Labute approximate surface area is 180 Å². The Morgan fingerprint density at radius 1 is 0.967 bits per heavy atom. The molecule has 0 spiro atoms. The van der Waals surface area contributed by atoms with Crippen LogP contribution in [0.25, 0.3) is 16.8 Å². The zero-order valence-electron chi connectivity index (χ0n) is 17.0. The minimum atomic E-state index is -0.264. The van der Waals surface area contributed by atoms with E-state index in [4.69, 9.17) is 4.74 Å². The molecule has 0 aliphatic carbocycles. The predicted octanol–water partition coefficient (Wildman–Crippen LogP) is 6.08. The van der Waals surface area contributed by atoms with E-state index in [1.165, 1.54) is 10.5 Å². The standard InChI is InChI=1S/C25H23NO3S/c1-17(2)19-12-10-18(11-13-19)16-23-24(27)26(25(28)30-23)14-15-29-22-9-5-7-20-6-3-4-8-21(20)22/h3-13,16-17H,14-15H2,1-2H3/b23-16-. The number of carbonyl (C=O) groups is 2. The van der Waals surface area contributed by atoms with Crippen molar-refractivity contribution in [3.05, 3.63) is 82.8 Å². The normalized spacial score (nSPS) is 15.6. The van der Waals surface area contributed by atoms with Gasteiger partial charge in [0.1, 0.15) is 12.4 Å². The van der Waals surface area contributed by atoms with Crippen molar-refractivity contribution < 1.29 is 14.3 Å². The van der Waals surface area contributed by atoms with Crippen LogP contribution >= 0.6 is 11.8 Å². The number of rotatable bonds is 6. The van der Waals surface area contributed by atoms with Crippen molar-refractivity contribution in [3.8, 4) is 5.75 Å².